The molecule has 2 rings (SSSR count). The molecule has 0 saturated carbocycles. The second-order valence-corrected chi connectivity index (χ2v) is 5.57. The van der Waals surface area contributed by atoms with Crippen LogP contribution in [0.4, 0.5) is 0 Å². The van der Waals surface area contributed by atoms with Crippen molar-refractivity contribution in [1.29, 1.82) is 0 Å². The molecule has 104 valence electrons. The summed E-state index contributed by atoms with van der Waals surface area (Å²) in [6, 6.07) is 12.8. The maximum absolute atomic E-state index is 11.3. The molecule has 1 N–H and O–H groups in total. The fourth-order valence-corrected chi connectivity index (χ4v) is 2.48. The Morgan fingerprint density at radius 2 is 1.75 bits per heavy atom. The maximum Gasteiger partial charge on any atom is 0.340 e. The Balaban J connectivity index is 2.46. The van der Waals surface area contributed by atoms with E-state index in [0.29, 0.717) is 21.9 Å². The zero-order chi connectivity index (χ0) is 14.7. The predicted octanol–water partition coefficient (Wildman–Crippen LogP) is 5.06. The molecule has 20 heavy (non-hydrogen) atoms. The lowest BCUT2D eigenvalue weighted by molar-refractivity contribution is 0.0693. The van der Waals surface area contributed by atoms with Gasteiger partial charge in [0.05, 0.1) is 0 Å². The van der Waals surface area contributed by atoms with Crippen LogP contribution in [-0.2, 0) is 0 Å². The number of hydrogen-bond donors (Lipinski definition) is 1. The predicted molar refractivity (Wildman–Crippen MR) is 81.7 cm³/mol. The third-order valence-electron chi connectivity index (χ3n) is 2.95. The molecule has 0 radical (unpaired) electrons. The molecule has 0 aliphatic rings. The van der Waals surface area contributed by atoms with Crippen molar-refractivity contribution in [1.82, 2.24) is 0 Å². The van der Waals surface area contributed by atoms with Crippen LogP contribution in [0.15, 0.2) is 46.9 Å². The Morgan fingerprint density at radius 1 is 1.10 bits per heavy atom. The zero-order valence-corrected chi connectivity index (χ0v) is 12.8. The summed E-state index contributed by atoms with van der Waals surface area (Å²) in [4.78, 5) is 11.3. The van der Waals surface area contributed by atoms with Crippen LogP contribution >= 0.6 is 15.9 Å². The lowest BCUT2D eigenvalue weighted by Gasteiger charge is -2.15. The number of aromatic carboxylic acids is 1. The SMILES string of the molecule is CC(C)c1ccccc1Oc1cccc(Br)c1C(=O)O. The van der Waals surface area contributed by atoms with Crippen LogP contribution in [0.5, 0.6) is 11.5 Å². The minimum Gasteiger partial charge on any atom is -0.478 e. The van der Waals surface area contributed by atoms with Gasteiger partial charge in [0, 0.05) is 4.47 Å². The normalized spacial score (nSPS) is 10.6. The summed E-state index contributed by atoms with van der Waals surface area (Å²) in [5, 5.41) is 9.29. The van der Waals surface area contributed by atoms with Gasteiger partial charge in [0.15, 0.2) is 0 Å². The molecule has 0 fully saturated rings. The Hall–Kier alpha value is -1.81. The van der Waals surface area contributed by atoms with Gasteiger partial charge in [-0.3, -0.25) is 0 Å². The average molecular weight is 335 g/mol. The van der Waals surface area contributed by atoms with Gasteiger partial charge in [0.1, 0.15) is 17.1 Å². The van der Waals surface area contributed by atoms with E-state index >= 15 is 0 Å². The van der Waals surface area contributed by atoms with Crippen molar-refractivity contribution in [3.05, 3.63) is 58.1 Å². The van der Waals surface area contributed by atoms with E-state index in [2.05, 4.69) is 29.8 Å². The van der Waals surface area contributed by atoms with Crippen LogP contribution in [-0.4, -0.2) is 11.1 Å². The molecule has 0 heterocycles. The molecule has 0 unspecified atom stereocenters. The van der Waals surface area contributed by atoms with E-state index in [1.807, 2.05) is 24.3 Å². The standard InChI is InChI=1S/C16H15BrO3/c1-10(2)11-6-3-4-8-13(11)20-14-9-5-7-12(17)15(14)16(18)19/h3-10H,1-2H3,(H,18,19). The van der Waals surface area contributed by atoms with Crippen LogP contribution in [0.3, 0.4) is 0 Å². The first-order chi connectivity index (χ1) is 9.50. The Morgan fingerprint density at radius 3 is 2.40 bits per heavy atom. The molecular weight excluding hydrogens is 320 g/mol. The quantitative estimate of drug-likeness (QED) is 0.849. The highest BCUT2D eigenvalue weighted by molar-refractivity contribution is 9.10. The minimum absolute atomic E-state index is 0.131. The van der Waals surface area contributed by atoms with Crippen LogP contribution in [0.25, 0.3) is 0 Å². The van der Waals surface area contributed by atoms with E-state index in [1.165, 1.54) is 0 Å². The van der Waals surface area contributed by atoms with Gasteiger partial charge in [-0.25, -0.2) is 4.79 Å². The molecule has 0 saturated heterocycles. The Bertz CT molecular complexity index is 635. The second-order valence-electron chi connectivity index (χ2n) is 4.71. The minimum atomic E-state index is -1.02. The van der Waals surface area contributed by atoms with Crippen molar-refractivity contribution >= 4 is 21.9 Å². The third-order valence-corrected chi connectivity index (χ3v) is 3.61. The number of hydrogen-bond acceptors (Lipinski definition) is 2. The lowest BCUT2D eigenvalue weighted by atomic mass is 10.0. The van der Waals surface area contributed by atoms with E-state index in [0.717, 1.165) is 5.56 Å². The van der Waals surface area contributed by atoms with Crippen LogP contribution in [0.1, 0.15) is 35.7 Å². The van der Waals surface area contributed by atoms with Crippen molar-refractivity contribution in [2.24, 2.45) is 0 Å². The van der Waals surface area contributed by atoms with Crippen LogP contribution in [0.2, 0.25) is 0 Å². The topological polar surface area (TPSA) is 46.5 Å². The summed E-state index contributed by atoms with van der Waals surface area (Å²) >= 11 is 3.25. The van der Waals surface area contributed by atoms with E-state index in [9.17, 15) is 9.90 Å². The number of rotatable bonds is 4. The molecule has 0 atom stereocenters. The highest BCUT2D eigenvalue weighted by Gasteiger charge is 2.17. The monoisotopic (exact) mass is 334 g/mol. The fraction of sp³-hybridized carbons (Fsp3) is 0.188. The Labute approximate surface area is 126 Å². The van der Waals surface area contributed by atoms with E-state index in [4.69, 9.17) is 4.74 Å². The molecule has 0 amide bonds. The number of halogens is 1. The number of carboxylic acids is 1. The van der Waals surface area contributed by atoms with Crippen molar-refractivity contribution < 1.29 is 14.6 Å². The van der Waals surface area contributed by atoms with Gasteiger partial charge >= 0.3 is 5.97 Å². The van der Waals surface area contributed by atoms with Gasteiger partial charge in [0.25, 0.3) is 0 Å². The lowest BCUT2D eigenvalue weighted by Crippen LogP contribution is -2.02. The first-order valence-electron chi connectivity index (χ1n) is 6.29. The van der Waals surface area contributed by atoms with Gasteiger partial charge in [-0.05, 0) is 45.6 Å². The highest BCUT2D eigenvalue weighted by Crippen LogP contribution is 2.34. The first-order valence-corrected chi connectivity index (χ1v) is 7.08. The summed E-state index contributed by atoms with van der Waals surface area (Å²) in [6.45, 7) is 4.14. The Kier molecular flexibility index (Phi) is 4.45. The molecule has 0 aliphatic heterocycles. The smallest absolute Gasteiger partial charge is 0.340 e. The number of para-hydroxylation sites is 1. The van der Waals surface area contributed by atoms with Crippen LogP contribution in [0, 0.1) is 0 Å². The van der Waals surface area contributed by atoms with E-state index in [1.54, 1.807) is 18.2 Å². The molecule has 0 bridgehead atoms. The summed E-state index contributed by atoms with van der Waals surface area (Å²) in [5.41, 5.74) is 1.18. The molecule has 0 aromatic heterocycles. The molecule has 3 nitrogen and oxygen atoms in total. The van der Waals surface area contributed by atoms with Gasteiger partial charge in [-0.15, -0.1) is 0 Å². The molecular formula is C16H15BrO3. The van der Waals surface area contributed by atoms with Gasteiger partial charge in [-0.2, -0.15) is 0 Å². The molecule has 2 aromatic rings. The summed E-state index contributed by atoms with van der Waals surface area (Å²) < 4.78 is 6.34. The number of ether oxygens (including phenoxy) is 1. The summed E-state index contributed by atoms with van der Waals surface area (Å²) in [5.74, 6) is 0.296. The number of benzene rings is 2. The van der Waals surface area contributed by atoms with Crippen molar-refractivity contribution in [3.8, 4) is 11.5 Å². The van der Waals surface area contributed by atoms with E-state index in [-0.39, 0.29) is 5.56 Å². The van der Waals surface area contributed by atoms with E-state index < -0.39 is 5.97 Å². The largest absolute Gasteiger partial charge is 0.478 e. The van der Waals surface area contributed by atoms with Gasteiger partial charge in [0.2, 0.25) is 0 Å². The third kappa shape index (κ3) is 3.02. The fourth-order valence-electron chi connectivity index (χ4n) is 1.97. The summed E-state index contributed by atoms with van der Waals surface area (Å²) in [7, 11) is 0. The molecule has 2 aromatic carbocycles. The van der Waals surface area contributed by atoms with Crippen molar-refractivity contribution in [2.45, 2.75) is 19.8 Å². The summed E-state index contributed by atoms with van der Waals surface area (Å²) in [6.07, 6.45) is 0. The first kappa shape index (κ1) is 14.6. The number of carbonyl (C=O) groups is 1. The van der Waals surface area contributed by atoms with Crippen molar-refractivity contribution in [2.75, 3.05) is 0 Å². The van der Waals surface area contributed by atoms with Gasteiger partial charge < -0.3 is 9.84 Å². The molecule has 0 spiro atoms. The second kappa shape index (κ2) is 6.09. The highest BCUT2D eigenvalue weighted by atomic mass is 79.9. The average Bonchev–Trinajstić information content (AvgIpc) is 2.38. The number of carboxylic acid groups (broad SMARTS) is 1. The zero-order valence-electron chi connectivity index (χ0n) is 11.3. The van der Waals surface area contributed by atoms with Gasteiger partial charge in [-0.1, -0.05) is 38.1 Å². The van der Waals surface area contributed by atoms with Crippen molar-refractivity contribution in [3.63, 3.8) is 0 Å². The maximum atomic E-state index is 11.3. The molecule has 0 aliphatic carbocycles. The van der Waals surface area contributed by atoms with Crippen LogP contribution < -0.4 is 4.74 Å². The molecule has 4 heteroatoms.